The van der Waals surface area contributed by atoms with Crippen molar-refractivity contribution >= 4 is 12.0 Å². The van der Waals surface area contributed by atoms with E-state index >= 15 is 0 Å². The summed E-state index contributed by atoms with van der Waals surface area (Å²) >= 11 is 0. The second-order valence-electron chi connectivity index (χ2n) is 4.50. The highest BCUT2D eigenvalue weighted by Crippen LogP contribution is 2.17. The normalized spacial score (nSPS) is 10.6. The molecule has 0 aliphatic rings. The fraction of sp³-hybridized carbons (Fsp3) is 0.500. The first kappa shape index (κ1) is 13.7. The molecule has 3 nitrogen and oxygen atoms in total. The van der Waals surface area contributed by atoms with Gasteiger partial charge in [0.2, 0.25) is 0 Å². The number of aryl methyl sites for hydroxylation is 1. The second kappa shape index (κ2) is 6.40. The van der Waals surface area contributed by atoms with E-state index in [1.165, 1.54) is 0 Å². The number of nitrogens with zero attached hydrogens (tertiary/aromatic N) is 1. The highest BCUT2D eigenvalue weighted by Gasteiger charge is 2.04. The van der Waals surface area contributed by atoms with Gasteiger partial charge in [-0.3, -0.25) is 4.79 Å². The average molecular weight is 235 g/mol. The van der Waals surface area contributed by atoms with Crippen LogP contribution >= 0.6 is 0 Å². The van der Waals surface area contributed by atoms with Gasteiger partial charge in [0.25, 0.3) is 0 Å². The van der Waals surface area contributed by atoms with E-state index in [-0.39, 0.29) is 6.10 Å². The molecule has 0 spiro atoms. The van der Waals surface area contributed by atoms with Crippen LogP contribution in [0.3, 0.4) is 0 Å². The molecule has 0 N–H and O–H groups in total. The molecule has 0 amide bonds. The molecule has 0 saturated heterocycles. The predicted octanol–water partition coefficient (Wildman–Crippen LogP) is 2.67. The Morgan fingerprint density at radius 2 is 2.12 bits per heavy atom. The van der Waals surface area contributed by atoms with Crippen LogP contribution in [0.15, 0.2) is 18.2 Å². The Morgan fingerprint density at radius 3 is 2.65 bits per heavy atom. The van der Waals surface area contributed by atoms with E-state index < -0.39 is 0 Å². The maximum atomic E-state index is 10.7. The van der Waals surface area contributed by atoms with Crippen molar-refractivity contribution in [3.8, 4) is 0 Å². The van der Waals surface area contributed by atoms with Crippen molar-refractivity contribution in [1.82, 2.24) is 0 Å². The fourth-order valence-corrected chi connectivity index (χ4v) is 1.58. The summed E-state index contributed by atoms with van der Waals surface area (Å²) in [6.07, 6.45) is 1.16. The molecule has 3 heteroatoms. The van der Waals surface area contributed by atoms with Crippen molar-refractivity contribution in [2.24, 2.45) is 0 Å². The number of anilines is 1. The van der Waals surface area contributed by atoms with E-state index in [0.29, 0.717) is 6.61 Å². The van der Waals surface area contributed by atoms with Crippen LogP contribution in [0.25, 0.3) is 0 Å². The van der Waals surface area contributed by atoms with Crippen LogP contribution in [0.2, 0.25) is 0 Å². The zero-order chi connectivity index (χ0) is 12.8. The maximum Gasteiger partial charge on any atom is 0.150 e. The third-order valence-electron chi connectivity index (χ3n) is 2.70. The van der Waals surface area contributed by atoms with Gasteiger partial charge in [-0.2, -0.15) is 0 Å². The molecular weight excluding hydrogens is 214 g/mol. The van der Waals surface area contributed by atoms with Gasteiger partial charge < -0.3 is 9.64 Å². The lowest BCUT2D eigenvalue weighted by Crippen LogP contribution is -2.24. The molecule has 0 aliphatic carbocycles. The van der Waals surface area contributed by atoms with E-state index in [1.54, 1.807) is 0 Å². The van der Waals surface area contributed by atoms with E-state index in [0.717, 1.165) is 29.6 Å². The van der Waals surface area contributed by atoms with E-state index in [1.807, 2.05) is 46.0 Å². The molecule has 0 saturated carbocycles. The lowest BCUT2D eigenvalue weighted by Gasteiger charge is -2.20. The molecule has 0 bridgehead atoms. The number of benzene rings is 1. The van der Waals surface area contributed by atoms with Crippen LogP contribution < -0.4 is 4.90 Å². The van der Waals surface area contributed by atoms with Gasteiger partial charge in [-0.1, -0.05) is 0 Å². The van der Waals surface area contributed by atoms with Crippen molar-refractivity contribution in [1.29, 1.82) is 0 Å². The number of aldehydes is 1. The van der Waals surface area contributed by atoms with Gasteiger partial charge in [0.1, 0.15) is 6.29 Å². The summed E-state index contributed by atoms with van der Waals surface area (Å²) < 4.78 is 5.51. The van der Waals surface area contributed by atoms with E-state index in [2.05, 4.69) is 4.90 Å². The van der Waals surface area contributed by atoms with Gasteiger partial charge in [0, 0.05) is 24.8 Å². The van der Waals surface area contributed by atoms with Crippen LogP contribution in [0, 0.1) is 6.92 Å². The monoisotopic (exact) mass is 235 g/mol. The molecule has 1 rings (SSSR count). The average Bonchev–Trinajstić information content (AvgIpc) is 2.28. The summed E-state index contributed by atoms with van der Waals surface area (Å²) in [5.41, 5.74) is 2.87. The number of likely N-dealkylation sites (N-methyl/N-ethyl adjacent to an activating group) is 1. The van der Waals surface area contributed by atoms with E-state index in [9.17, 15) is 4.79 Å². The summed E-state index contributed by atoms with van der Waals surface area (Å²) in [5.74, 6) is 0. The Hall–Kier alpha value is -1.35. The highest BCUT2D eigenvalue weighted by molar-refractivity contribution is 5.78. The Morgan fingerprint density at radius 1 is 1.41 bits per heavy atom. The lowest BCUT2D eigenvalue weighted by atomic mass is 10.1. The molecule has 0 unspecified atom stereocenters. The van der Waals surface area contributed by atoms with E-state index in [4.69, 9.17) is 4.74 Å². The zero-order valence-corrected chi connectivity index (χ0v) is 11.1. The van der Waals surface area contributed by atoms with Crippen LogP contribution in [-0.4, -0.2) is 32.6 Å². The molecule has 17 heavy (non-hydrogen) atoms. The summed E-state index contributed by atoms with van der Waals surface area (Å²) in [4.78, 5) is 12.9. The van der Waals surface area contributed by atoms with Crippen molar-refractivity contribution in [2.75, 3.05) is 25.1 Å². The molecule has 0 atom stereocenters. The van der Waals surface area contributed by atoms with Gasteiger partial charge in [0.05, 0.1) is 12.7 Å². The minimum Gasteiger partial charge on any atom is -0.377 e. The van der Waals surface area contributed by atoms with Crippen LogP contribution in [0.4, 0.5) is 5.69 Å². The molecule has 94 valence electrons. The number of ether oxygens (including phenoxy) is 1. The van der Waals surface area contributed by atoms with Gasteiger partial charge in [-0.25, -0.2) is 0 Å². The zero-order valence-electron chi connectivity index (χ0n) is 11.1. The standard InChI is InChI=1S/C14H21NO2/c1-11(2)17-8-7-15(4)14-6-5-13(10-16)12(3)9-14/h5-6,9-11H,7-8H2,1-4H3. The summed E-state index contributed by atoms with van der Waals surface area (Å²) in [6, 6.07) is 5.85. The largest absolute Gasteiger partial charge is 0.377 e. The van der Waals surface area contributed by atoms with Crippen LogP contribution in [-0.2, 0) is 4.74 Å². The first-order chi connectivity index (χ1) is 8.04. The molecule has 1 aromatic carbocycles. The van der Waals surface area contributed by atoms with Gasteiger partial charge in [0.15, 0.2) is 0 Å². The topological polar surface area (TPSA) is 29.5 Å². The lowest BCUT2D eigenvalue weighted by molar-refractivity contribution is 0.0846. The van der Waals surface area contributed by atoms with Crippen molar-refractivity contribution < 1.29 is 9.53 Å². The molecule has 1 aromatic rings. The fourth-order valence-electron chi connectivity index (χ4n) is 1.58. The Bertz CT molecular complexity index is 374. The third-order valence-corrected chi connectivity index (χ3v) is 2.70. The molecular formula is C14H21NO2. The number of hydrogen-bond acceptors (Lipinski definition) is 3. The summed E-state index contributed by atoms with van der Waals surface area (Å²) in [7, 11) is 2.03. The number of rotatable bonds is 6. The van der Waals surface area contributed by atoms with Crippen molar-refractivity contribution in [3.63, 3.8) is 0 Å². The number of hydrogen-bond donors (Lipinski definition) is 0. The summed E-state index contributed by atoms with van der Waals surface area (Å²) in [6.45, 7) is 7.57. The maximum absolute atomic E-state index is 10.7. The molecule has 0 aliphatic heterocycles. The minimum atomic E-state index is 0.266. The van der Waals surface area contributed by atoms with Gasteiger partial charge in [-0.15, -0.1) is 0 Å². The van der Waals surface area contributed by atoms with Crippen molar-refractivity contribution in [3.05, 3.63) is 29.3 Å². The van der Waals surface area contributed by atoms with Crippen LogP contribution in [0.1, 0.15) is 29.8 Å². The Balaban J connectivity index is 2.60. The Labute approximate surface area is 103 Å². The van der Waals surface area contributed by atoms with Gasteiger partial charge >= 0.3 is 0 Å². The molecule has 0 aromatic heterocycles. The first-order valence-corrected chi connectivity index (χ1v) is 5.93. The predicted molar refractivity (Wildman–Crippen MR) is 70.9 cm³/mol. The second-order valence-corrected chi connectivity index (χ2v) is 4.50. The highest BCUT2D eigenvalue weighted by atomic mass is 16.5. The van der Waals surface area contributed by atoms with Gasteiger partial charge in [-0.05, 0) is 44.5 Å². The van der Waals surface area contributed by atoms with Crippen LogP contribution in [0.5, 0.6) is 0 Å². The number of carbonyl (C=O) groups excluding carboxylic acids is 1. The molecule has 0 fully saturated rings. The molecule has 0 heterocycles. The molecule has 0 radical (unpaired) electrons. The first-order valence-electron chi connectivity index (χ1n) is 5.93. The number of carbonyl (C=O) groups is 1. The third kappa shape index (κ3) is 4.19. The quantitative estimate of drug-likeness (QED) is 0.710. The SMILES string of the molecule is Cc1cc(N(C)CCOC(C)C)ccc1C=O. The minimum absolute atomic E-state index is 0.266. The smallest absolute Gasteiger partial charge is 0.150 e. The van der Waals surface area contributed by atoms with Crippen molar-refractivity contribution in [2.45, 2.75) is 26.9 Å². The Kier molecular flexibility index (Phi) is 5.16. The summed E-state index contributed by atoms with van der Waals surface area (Å²) in [5, 5.41) is 0.